The third-order valence-electron chi connectivity index (χ3n) is 4.50. The number of carbonyl (C=O) groups is 1. The summed E-state index contributed by atoms with van der Waals surface area (Å²) in [4.78, 5) is 14.7. The van der Waals surface area contributed by atoms with Gasteiger partial charge in [0.15, 0.2) is 6.29 Å². The number of ether oxygens (including phenoxy) is 2. The SMILES string of the molecule is CCNS(=O)(=O)c1cccc(C(=O)N2CCCC(C3OCCO3)C2)c1. The predicted molar refractivity (Wildman–Crippen MR) is 91.6 cm³/mol. The van der Waals surface area contributed by atoms with E-state index in [2.05, 4.69) is 4.72 Å². The molecule has 8 heteroatoms. The minimum absolute atomic E-state index is 0.108. The predicted octanol–water partition coefficient (Wildman–Crippen LogP) is 1.21. The quantitative estimate of drug-likeness (QED) is 0.844. The van der Waals surface area contributed by atoms with Crippen molar-refractivity contribution in [1.29, 1.82) is 0 Å². The largest absolute Gasteiger partial charge is 0.350 e. The second-order valence-electron chi connectivity index (χ2n) is 6.29. The molecule has 0 bridgehead atoms. The number of nitrogens with one attached hydrogen (secondary N) is 1. The molecule has 2 fully saturated rings. The number of amides is 1. The maximum Gasteiger partial charge on any atom is 0.253 e. The van der Waals surface area contributed by atoms with Gasteiger partial charge >= 0.3 is 0 Å². The number of hydrogen-bond acceptors (Lipinski definition) is 5. The molecule has 2 saturated heterocycles. The summed E-state index contributed by atoms with van der Waals surface area (Å²) in [5.41, 5.74) is 0.382. The Morgan fingerprint density at radius 3 is 2.80 bits per heavy atom. The van der Waals surface area contributed by atoms with E-state index in [1.54, 1.807) is 24.0 Å². The van der Waals surface area contributed by atoms with E-state index in [1.165, 1.54) is 12.1 Å². The number of likely N-dealkylation sites (tertiary alicyclic amines) is 1. The zero-order valence-corrected chi connectivity index (χ0v) is 15.1. The molecule has 2 aliphatic rings. The Labute approximate surface area is 148 Å². The van der Waals surface area contributed by atoms with Crippen molar-refractivity contribution >= 4 is 15.9 Å². The minimum atomic E-state index is -3.58. The number of hydrogen-bond donors (Lipinski definition) is 1. The number of sulfonamides is 1. The van der Waals surface area contributed by atoms with Crippen LogP contribution in [0, 0.1) is 5.92 Å². The molecule has 0 saturated carbocycles. The Hall–Kier alpha value is -1.48. The topological polar surface area (TPSA) is 84.9 Å². The van der Waals surface area contributed by atoms with Crippen molar-refractivity contribution in [1.82, 2.24) is 9.62 Å². The lowest BCUT2D eigenvalue weighted by atomic mass is 9.96. The first-order chi connectivity index (χ1) is 12.0. The first-order valence-electron chi connectivity index (χ1n) is 8.63. The summed E-state index contributed by atoms with van der Waals surface area (Å²) in [5, 5.41) is 0. The van der Waals surface area contributed by atoms with Crippen LogP contribution in [0.15, 0.2) is 29.2 Å². The lowest BCUT2D eigenvalue weighted by Crippen LogP contribution is -2.43. The fourth-order valence-electron chi connectivity index (χ4n) is 3.32. The van der Waals surface area contributed by atoms with Crippen LogP contribution in [0.2, 0.25) is 0 Å². The van der Waals surface area contributed by atoms with Gasteiger partial charge in [-0.25, -0.2) is 13.1 Å². The summed E-state index contributed by atoms with van der Waals surface area (Å²) >= 11 is 0. The highest BCUT2D eigenvalue weighted by Gasteiger charge is 2.33. The molecule has 0 radical (unpaired) electrons. The summed E-state index contributed by atoms with van der Waals surface area (Å²) in [6, 6.07) is 6.18. The number of rotatable bonds is 5. The standard InChI is InChI=1S/C17H24N2O5S/c1-2-18-25(21,22)15-7-3-5-13(11-15)16(20)19-8-4-6-14(12-19)17-23-9-10-24-17/h3,5,7,11,14,17-18H,2,4,6,8-10,12H2,1H3. The molecule has 0 aromatic heterocycles. The molecule has 3 rings (SSSR count). The molecular formula is C17H24N2O5S. The Morgan fingerprint density at radius 2 is 2.08 bits per heavy atom. The summed E-state index contributed by atoms with van der Waals surface area (Å²) in [6.07, 6.45) is 1.61. The molecule has 0 spiro atoms. The van der Waals surface area contributed by atoms with Crippen LogP contribution in [0.1, 0.15) is 30.1 Å². The van der Waals surface area contributed by atoms with Crippen LogP contribution < -0.4 is 4.72 Å². The second-order valence-corrected chi connectivity index (χ2v) is 8.06. The fourth-order valence-corrected chi connectivity index (χ4v) is 4.40. The highest BCUT2D eigenvalue weighted by molar-refractivity contribution is 7.89. The van der Waals surface area contributed by atoms with Crippen molar-refractivity contribution in [3.8, 4) is 0 Å². The summed E-state index contributed by atoms with van der Waals surface area (Å²) in [7, 11) is -3.58. The Morgan fingerprint density at radius 1 is 1.32 bits per heavy atom. The van der Waals surface area contributed by atoms with Crippen molar-refractivity contribution in [3.63, 3.8) is 0 Å². The van der Waals surface area contributed by atoms with Gasteiger partial charge in [0.2, 0.25) is 10.0 Å². The van der Waals surface area contributed by atoms with E-state index in [-0.39, 0.29) is 23.0 Å². The Kier molecular flexibility index (Phi) is 5.73. The van der Waals surface area contributed by atoms with E-state index >= 15 is 0 Å². The monoisotopic (exact) mass is 368 g/mol. The lowest BCUT2D eigenvalue weighted by Gasteiger charge is -2.34. The fraction of sp³-hybridized carbons (Fsp3) is 0.588. The molecule has 1 aromatic rings. The summed E-state index contributed by atoms with van der Waals surface area (Å²) in [5.74, 6) is 0.00474. The number of carbonyl (C=O) groups excluding carboxylic acids is 1. The van der Waals surface area contributed by atoms with E-state index in [4.69, 9.17) is 9.47 Å². The minimum Gasteiger partial charge on any atom is -0.350 e. The summed E-state index contributed by atoms with van der Waals surface area (Å²) < 4.78 is 37.9. The van der Waals surface area contributed by atoms with Crippen LogP contribution in [0.3, 0.4) is 0 Å². The number of piperidine rings is 1. The number of benzene rings is 1. The van der Waals surface area contributed by atoms with Crippen molar-refractivity contribution < 1.29 is 22.7 Å². The molecule has 25 heavy (non-hydrogen) atoms. The normalized spacial score (nSPS) is 22.3. The molecule has 7 nitrogen and oxygen atoms in total. The molecule has 0 aliphatic carbocycles. The van der Waals surface area contributed by atoms with Crippen LogP contribution in [-0.4, -0.2) is 58.4 Å². The first kappa shape index (κ1) is 18.3. The van der Waals surface area contributed by atoms with Gasteiger partial charge in [0, 0.05) is 31.1 Å². The third-order valence-corrected chi connectivity index (χ3v) is 6.05. The first-order valence-corrected chi connectivity index (χ1v) is 10.1. The van der Waals surface area contributed by atoms with Crippen LogP contribution in [0.5, 0.6) is 0 Å². The van der Waals surface area contributed by atoms with E-state index in [9.17, 15) is 13.2 Å². The maximum atomic E-state index is 12.8. The summed E-state index contributed by atoms with van der Waals surface area (Å²) in [6.45, 7) is 4.43. The number of nitrogens with zero attached hydrogens (tertiary/aromatic N) is 1. The van der Waals surface area contributed by atoms with Crippen molar-refractivity contribution in [2.45, 2.75) is 31.0 Å². The van der Waals surface area contributed by atoms with Crippen LogP contribution >= 0.6 is 0 Å². The molecule has 2 heterocycles. The molecule has 1 unspecified atom stereocenters. The zero-order valence-electron chi connectivity index (χ0n) is 14.3. The maximum absolute atomic E-state index is 12.8. The van der Waals surface area contributed by atoms with Gasteiger partial charge in [-0.1, -0.05) is 13.0 Å². The van der Waals surface area contributed by atoms with Gasteiger partial charge in [-0.05, 0) is 31.0 Å². The van der Waals surface area contributed by atoms with Crippen molar-refractivity contribution in [2.75, 3.05) is 32.8 Å². The van der Waals surface area contributed by atoms with Crippen molar-refractivity contribution in [3.05, 3.63) is 29.8 Å². The van der Waals surface area contributed by atoms with Gasteiger partial charge in [0.1, 0.15) is 0 Å². The van der Waals surface area contributed by atoms with Crippen LogP contribution in [0.4, 0.5) is 0 Å². The zero-order chi connectivity index (χ0) is 17.9. The van der Waals surface area contributed by atoms with Gasteiger partial charge < -0.3 is 14.4 Å². The second kappa shape index (κ2) is 7.82. The van der Waals surface area contributed by atoms with E-state index in [1.807, 2.05) is 0 Å². The van der Waals surface area contributed by atoms with E-state index in [0.29, 0.717) is 38.4 Å². The van der Waals surface area contributed by atoms with Gasteiger partial charge in [-0.15, -0.1) is 0 Å². The highest BCUT2D eigenvalue weighted by atomic mass is 32.2. The smallest absolute Gasteiger partial charge is 0.253 e. The van der Waals surface area contributed by atoms with Gasteiger partial charge in [-0.2, -0.15) is 0 Å². The third kappa shape index (κ3) is 4.20. The van der Waals surface area contributed by atoms with Gasteiger partial charge in [0.25, 0.3) is 5.91 Å². The Bertz CT molecular complexity index is 716. The van der Waals surface area contributed by atoms with Crippen LogP contribution in [0.25, 0.3) is 0 Å². The van der Waals surface area contributed by atoms with Crippen LogP contribution in [-0.2, 0) is 19.5 Å². The van der Waals surface area contributed by atoms with Gasteiger partial charge in [-0.3, -0.25) is 4.79 Å². The van der Waals surface area contributed by atoms with E-state index < -0.39 is 10.0 Å². The average molecular weight is 368 g/mol. The highest BCUT2D eigenvalue weighted by Crippen LogP contribution is 2.26. The van der Waals surface area contributed by atoms with Crippen molar-refractivity contribution in [2.24, 2.45) is 5.92 Å². The lowest BCUT2D eigenvalue weighted by molar-refractivity contribution is -0.0969. The molecule has 138 valence electrons. The molecular weight excluding hydrogens is 344 g/mol. The molecule has 2 aliphatic heterocycles. The molecule has 1 amide bonds. The Balaban J connectivity index is 1.74. The van der Waals surface area contributed by atoms with Gasteiger partial charge in [0.05, 0.1) is 18.1 Å². The van der Waals surface area contributed by atoms with E-state index in [0.717, 1.165) is 12.8 Å². The average Bonchev–Trinajstić information content (AvgIpc) is 3.16. The molecule has 1 atom stereocenters. The molecule has 1 N–H and O–H groups in total. The molecule has 1 aromatic carbocycles.